The molecular weight excluding hydrogens is 234 g/mol. The van der Waals surface area contributed by atoms with Crippen LogP contribution in [0.2, 0.25) is 0 Å². The third-order valence-electron chi connectivity index (χ3n) is 3.02. The minimum atomic E-state index is 0.811. The number of aromatic nitrogens is 1. The zero-order valence-electron chi connectivity index (χ0n) is 11.6. The van der Waals surface area contributed by atoms with Crippen LogP contribution < -0.4 is 10.6 Å². The molecule has 0 radical (unpaired) electrons. The summed E-state index contributed by atoms with van der Waals surface area (Å²) in [6.07, 6.45) is 1.10. The Kier molecular flexibility index (Phi) is 4.39. The fraction of sp³-hybridized carbons (Fsp3) is 0.312. The monoisotopic (exact) mass is 255 g/mol. The zero-order valence-corrected chi connectivity index (χ0v) is 11.6. The molecule has 0 bridgehead atoms. The van der Waals surface area contributed by atoms with Gasteiger partial charge in [-0.05, 0) is 43.2 Å². The second-order valence-corrected chi connectivity index (χ2v) is 4.80. The summed E-state index contributed by atoms with van der Waals surface area (Å²) in [4.78, 5) is 6.90. The van der Waals surface area contributed by atoms with E-state index in [9.17, 15) is 0 Å². The molecule has 0 aliphatic heterocycles. The number of aryl methyl sites for hydroxylation is 1. The Hall–Kier alpha value is -2.03. The standard InChI is InChI=1S/C16H21N3/c1-3-10-19(16-9-4-6-13(2)18-16)12-14-7-5-8-15(17)11-14/h4-9,11H,3,10,12,17H2,1-2H3. The lowest BCUT2D eigenvalue weighted by Gasteiger charge is -2.23. The van der Waals surface area contributed by atoms with Crippen LogP contribution in [0, 0.1) is 6.92 Å². The molecular formula is C16H21N3. The topological polar surface area (TPSA) is 42.1 Å². The Labute approximate surface area is 115 Å². The Balaban J connectivity index is 2.21. The summed E-state index contributed by atoms with van der Waals surface area (Å²) in [6, 6.07) is 14.2. The normalized spacial score (nSPS) is 10.4. The number of hydrogen-bond acceptors (Lipinski definition) is 3. The maximum absolute atomic E-state index is 5.84. The predicted molar refractivity (Wildman–Crippen MR) is 81.2 cm³/mol. The highest BCUT2D eigenvalue weighted by Crippen LogP contribution is 2.17. The van der Waals surface area contributed by atoms with Crippen LogP contribution in [-0.4, -0.2) is 11.5 Å². The van der Waals surface area contributed by atoms with E-state index >= 15 is 0 Å². The first-order chi connectivity index (χ1) is 9.19. The van der Waals surface area contributed by atoms with Crippen molar-refractivity contribution in [2.45, 2.75) is 26.8 Å². The van der Waals surface area contributed by atoms with Gasteiger partial charge in [-0.3, -0.25) is 0 Å². The number of nitrogen functional groups attached to an aromatic ring is 1. The molecule has 0 aliphatic carbocycles. The smallest absolute Gasteiger partial charge is 0.129 e. The molecule has 0 spiro atoms. The van der Waals surface area contributed by atoms with Gasteiger partial charge in [0.1, 0.15) is 5.82 Å². The maximum Gasteiger partial charge on any atom is 0.129 e. The largest absolute Gasteiger partial charge is 0.399 e. The van der Waals surface area contributed by atoms with Gasteiger partial charge in [-0.2, -0.15) is 0 Å². The molecule has 1 aromatic carbocycles. The van der Waals surface area contributed by atoms with Crippen molar-refractivity contribution < 1.29 is 0 Å². The molecule has 0 saturated heterocycles. The van der Waals surface area contributed by atoms with Gasteiger partial charge in [0.05, 0.1) is 0 Å². The van der Waals surface area contributed by atoms with Crippen molar-refractivity contribution in [2.75, 3.05) is 17.2 Å². The lowest BCUT2D eigenvalue weighted by Crippen LogP contribution is -2.24. The molecule has 2 rings (SSSR count). The minimum absolute atomic E-state index is 0.811. The van der Waals surface area contributed by atoms with Gasteiger partial charge < -0.3 is 10.6 Å². The van der Waals surface area contributed by atoms with Crippen LogP contribution in [0.15, 0.2) is 42.5 Å². The molecule has 0 unspecified atom stereocenters. The van der Waals surface area contributed by atoms with Gasteiger partial charge in [0.15, 0.2) is 0 Å². The predicted octanol–water partition coefficient (Wildman–Crippen LogP) is 3.39. The van der Waals surface area contributed by atoms with E-state index in [1.807, 2.05) is 31.2 Å². The van der Waals surface area contributed by atoms with Gasteiger partial charge in [0, 0.05) is 24.5 Å². The van der Waals surface area contributed by atoms with Crippen LogP contribution in [0.1, 0.15) is 24.6 Å². The number of benzene rings is 1. The van der Waals surface area contributed by atoms with Gasteiger partial charge in [-0.15, -0.1) is 0 Å². The highest BCUT2D eigenvalue weighted by molar-refractivity contribution is 5.44. The van der Waals surface area contributed by atoms with E-state index in [2.05, 4.69) is 35.0 Å². The van der Waals surface area contributed by atoms with Gasteiger partial charge in [0.2, 0.25) is 0 Å². The molecule has 100 valence electrons. The van der Waals surface area contributed by atoms with E-state index in [-0.39, 0.29) is 0 Å². The number of rotatable bonds is 5. The van der Waals surface area contributed by atoms with E-state index in [1.54, 1.807) is 0 Å². The van der Waals surface area contributed by atoms with Crippen molar-refractivity contribution in [1.29, 1.82) is 0 Å². The highest BCUT2D eigenvalue weighted by atomic mass is 15.2. The Morgan fingerprint density at radius 1 is 1.16 bits per heavy atom. The highest BCUT2D eigenvalue weighted by Gasteiger charge is 2.08. The van der Waals surface area contributed by atoms with Gasteiger partial charge >= 0.3 is 0 Å². The number of pyridine rings is 1. The third kappa shape index (κ3) is 3.71. The molecule has 0 saturated carbocycles. The van der Waals surface area contributed by atoms with E-state index < -0.39 is 0 Å². The molecule has 1 heterocycles. The van der Waals surface area contributed by atoms with Gasteiger partial charge in [-0.1, -0.05) is 25.1 Å². The first kappa shape index (κ1) is 13.4. The number of nitrogens with two attached hydrogens (primary N) is 1. The van der Waals surface area contributed by atoms with E-state index in [4.69, 9.17) is 5.73 Å². The van der Waals surface area contributed by atoms with E-state index in [0.29, 0.717) is 0 Å². The fourth-order valence-electron chi connectivity index (χ4n) is 2.16. The summed E-state index contributed by atoms with van der Waals surface area (Å²) in [7, 11) is 0. The minimum Gasteiger partial charge on any atom is -0.399 e. The van der Waals surface area contributed by atoms with Gasteiger partial charge in [-0.25, -0.2) is 4.98 Å². The summed E-state index contributed by atoms with van der Waals surface area (Å²) < 4.78 is 0. The molecule has 0 atom stereocenters. The summed E-state index contributed by atoms with van der Waals surface area (Å²) in [5.41, 5.74) is 8.91. The first-order valence-electron chi connectivity index (χ1n) is 6.72. The molecule has 0 aliphatic rings. The first-order valence-corrected chi connectivity index (χ1v) is 6.72. The van der Waals surface area contributed by atoms with Crippen LogP contribution in [0.25, 0.3) is 0 Å². The van der Waals surface area contributed by atoms with Crippen molar-refractivity contribution in [3.05, 3.63) is 53.7 Å². The van der Waals surface area contributed by atoms with Crippen molar-refractivity contribution in [3.8, 4) is 0 Å². The lowest BCUT2D eigenvalue weighted by atomic mass is 10.2. The Bertz CT molecular complexity index is 537. The quantitative estimate of drug-likeness (QED) is 0.833. The fourth-order valence-corrected chi connectivity index (χ4v) is 2.16. The maximum atomic E-state index is 5.84. The average Bonchev–Trinajstić information content (AvgIpc) is 2.38. The molecule has 3 nitrogen and oxygen atoms in total. The molecule has 1 aromatic heterocycles. The molecule has 3 heteroatoms. The summed E-state index contributed by atoms with van der Waals surface area (Å²) in [5.74, 6) is 1.03. The summed E-state index contributed by atoms with van der Waals surface area (Å²) in [6.45, 7) is 6.04. The number of hydrogen-bond donors (Lipinski definition) is 1. The lowest BCUT2D eigenvalue weighted by molar-refractivity contribution is 0.753. The van der Waals surface area contributed by atoms with Crippen molar-refractivity contribution >= 4 is 11.5 Å². The molecule has 2 N–H and O–H groups in total. The number of nitrogens with zero attached hydrogens (tertiary/aromatic N) is 2. The van der Waals surface area contributed by atoms with Crippen LogP contribution in [0.3, 0.4) is 0 Å². The number of anilines is 2. The second kappa shape index (κ2) is 6.23. The molecule has 19 heavy (non-hydrogen) atoms. The average molecular weight is 255 g/mol. The van der Waals surface area contributed by atoms with Gasteiger partial charge in [0.25, 0.3) is 0 Å². The Morgan fingerprint density at radius 2 is 1.95 bits per heavy atom. The third-order valence-corrected chi connectivity index (χ3v) is 3.02. The van der Waals surface area contributed by atoms with E-state index in [0.717, 1.165) is 36.7 Å². The second-order valence-electron chi connectivity index (χ2n) is 4.80. The van der Waals surface area contributed by atoms with Crippen molar-refractivity contribution in [3.63, 3.8) is 0 Å². The molecule has 0 fully saturated rings. The van der Waals surface area contributed by atoms with Crippen molar-refractivity contribution in [2.24, 2.45) is 0 Å². The van der Waals surface area contributed by atoms with Crippen LogP contribution in [-0.2, 0) is 6.54 Å². The van der Waals surface area contributed by atoms with Crippen LogP contribution in [0.4, 0.5) is 11.5 Å². The SMILES string of the molecule is CCCN(Cc1cccc(N)c1)c1cccc(C)n1. The zero-order chi connectivity index (χ0) is 13.7. The van der Waals surface area contributed by atoms with Crippen LogP contribution in [0.5, 0.6) is 0 Å². The molecule has 2 aromatic rings. The Morgan fingerprint density at radius 3 is 2.63 bits per heavy atom. The molecule has 0 amide bonds. The summed E-state index contributed by atoms with van der Waals surface area (Å²) >= 11 is 0. The van der Waals surface area contributed by atoms with Crippen LogP contribution >= 0.6 is 0 Å². The van der Waals surface area contributed by atoms with Crippen molar-refractivity contribution in [1.82, 2.24) is 4.98 Å². The summed E-state index contributed by atoms with van der Waals surface area (Å²) in [5, 5.41) is 0. The van der Waals surface area contributed by atoms with E-state index in [1.165, 1.54) is 5.56 Å².